The molecule has 2 heteroatoms. The molecule has 0 aromatic heterocycles. The van der Waals surface area contributed by atoms with Crippen LogP contribution in [0, 0.1) is 0 Å². The first-order valence-electron chi connectivity index (χ1n) is 6.39. The van der Waals surface area contributed by atoms with Crippen LogP contribution in [0.1, 0.15) is 24.8 Å². The first kappa shape index (κ1) is 11.5. The van der Waals surface area contributed by atoms with E-state index in [2.05, 4.69) is 34.5 Å². The van der Waals surface area contributed by atoms with E-state index in [1.807, 2.05) is 7.05 Å². The van der Waals surface area contributed by atoms with E-state index < -0.39 is 0 Å². The Labute approximate surface area is 98.7 Å². The Morgan fingerprint density at radius 2 is 2.06 bits per heavy atom. The van der Waals surface area contributed by atoms with Crippen LogP contribution in [0.2, 0.25) is 0 Å². The second-order valence-corrected chi connectivity index (χ2v) is 4.53. The Morgan fingerprint density at radius 1 is 1.19 bits per heavy atom. The molecule has 1 aliphatic heterocycles. The number of fused-ring (bicyclic) bond motifs is 1. The maximum Gasteiger partial charge on any atom is 0.0399 e. The molecule has 2 rings (SSSR count). The molecule has 0 atom stereocenters. The van der Waals surface area contributed by atoms with Crippen molar-refractivity contribution >= 4 is 5.69 Å². The molecule has 0 radical (unpaired) electrons. The topological polar surface area (TPSA) is 15.3 Å². The first-order valence-corrected chi connectivity index (χ1v) is 6.39. The second kappa shape index (κ2) is 5.90. The molecule has 0 unspecified atom stereocenters. The molecule has 16 heavy (non-hydrogen) atoms. The summed E-state index contributed by atoms with van der Waals surface area (Å²) < 4.78 is 0. The lowest BCUT2D eigenvalue weighted by atomic mass is 10.2. The highest BCUT2D eigenvalue weighted by molar-refractivity contribution is 5.57. The lowest BCUT2D eigenvalue weighted by Gasteiger charge is -2.19. The molecule has 1 N–H and O–H groups in total. The van der Waals surface area contributed by atoms with Crippen LogP contribution >= 0.6 is 0 Å². The summed E-state index contributed by atoms with van der Waals surface area (Å²) >= 11 is 0. The smallest absolute Gasteiger partial charge is 0.0399 e. The Hall–Kier alpha value is -1.02. The van der Waals surface area contributed by atoms with Gasteiger partial charge in [0.2, 0.25) is 0 Å². The Bertz CT molecular complexity index is 322. The fourth-order valence-electron chi connectivity index (χ4n) is 2.42. The summed E-state index contributed by atoms with van der Waals surface area (Å²) in [6, 6.07) is 8.82. The summed E-state index contributed by atoms with van der Waals surface area (Å²) in [5.74, 6) is 0. The average Bonchev–Trinajstić information content (AvgIpc) is 2.73. The van der Waals surface area contributed by atoms with Crippen LogP contribution in [0.4, 0.5) is 5.69 Å². The van der Waals surface area contributed by atoms with Gasteiger partial charge in [-0.2, -0.15) is 0 Å². The minimum absolute atomic E-state index is 1.15. The lowest BCUT2D eigenvalue weighted by molar-refractivity contribution is 0.632. The van der Waals surface area contributed by atoms with Gasteiger partial charge in [-0.1, -0.05) is 24.6 Å². The number of hydrogen-bond donors (Lipinski definition) is 1. The van der Waals surface area contributed by atoms with Gasteiger partial charge in [0.25, 0.3) is 0 Å². The number of nitrogens with one attached hydrogen (secondary N) is 1. The van der Waals surface area contributed by atoms with Gasteiger partial charge in [-0.25, -0.2) is 0 Å². The van der Waals surface area contributed by atoms with E-state index in [1.54, 1.807) is 0 Å². The second-order valence-electron chi connectivity index (χ2n) is 4.53. The highest BCUT2D eigenvalue weighted by atomic mass is 15.1. The Kier molecular flexibility index (Phi) is 4.23. The van der Waals surface area contributed by atoms with Crippen molar-refractivity contribution in [3.63, 3.8) is 0 Å². The summed E-state index contributed by atoms with van der Waals surface area (Å²) in [6.07, 6.45) is 5.17. The van der Waals surface area contributed by atoms with Gasteiger partial charge in [-0.05, 0) is 44.5 Å². The predicted octanol–water partition coefficient (Wildman–Crippen LogP) is 2.44. The van der Waals surface area contributed by atoms with E-state index in [-0.39, 0.29) is 0 Å². The van der Waals surface area contributed by atoms with E-state index in [4.69, 9.17) is 0 Å². The van der Waals surface area contributed by atoms with Crippen molar-refractivity contribution in [1.82, 2.24) is 5.32 Å². The third kappa shape index (κ3) is 2.76. The van der Waals surface area contributed by atoms with E-state index >= 15 is 0 Å². The maximum atomic E-state index is 3.20. The van der Waals surface area contributed by atoms with E-state index in [9.17, 15) is 0 Å². The summed E-state index contributed by atoms with van der Waals surface area (Å²) in [5, 5.41) is 3.20. The molecular formula is C14H22N2. The predicted molar refractivity (Wildman–Crippen MR) is 70.1 cm³/mol. The van der Waals surface area contributed by atoms with E-state index in [0.29, 0.717) is 0 Å². The zero-order valence-electron chi connectivity index (χ0n) is 10.2. The van der Waals surface area contributed by atoms with Gasteiger partial charge in [0.1, 0.15) is 0 Å². The molecular weight excluding hydrogens is 196 g/mol. The zero-order valence-corrected chi connectivity index (χ0v) is 10.2. The van der Waals surface area contributed by atoms with Crippen LogP contribution in [-0.4, -0.2) is 26.7 Å². The molecule has 2 nitrogen and oxygen atoms in total. The highest BCUT2D eigenvalue weighted by Gasteiger charge is 2.16. The minimum atomic E-state index is 1.15. The summed E-state index contributed by atoms with van der Waals surface area (Å²) in [5.41, 5.74) is 2.99. The van der Waals surface area contributed by atoms with Gasteiger partial charge in [0.05, 0.1) is 0 Å². The summed E-state index contributed by atoms with van der Waals surface area (Å²) in [6.45, 7) is 3.59. The molecule has 1 heterocycles. The fourth-order valence-corrected chi connectivity index (χ4v) is 2.42. The van der Waals surface area contributed by atoms with Crippen LogP contribution in [0.15, 0.2) is 24.3 Å². The van der Waals surface area contributed by atoms with Gasteiger partial charge in [0, 0.05) is 18.8 Å². The van der Waals surface area contributed by atoms with Crippen molar-refractivity contribution in [2.24, 2.45) is 0 Å². The Balaban J connectivity index is 1.76. The largest absolute Gasteiger partial charge is 0.371 e. The molecule has 0 fully saturated rings. The van der Waals surface area contributed by atoms with Crippen LogP contribution < -0.4 is 10.2 Å². The lowest BCUT2D eigenvalue weighted by Crippen LogP contribution is -2.21. The average molecular weight is 218 g/mol. The third-order valence-electron chi connectivity index (χ3n) is 3.34. The van der Waals surface area contributed by atoms with Gasteiger partial charge in [-0.15, -0.1) is 0 Å². The van der Waals surface area contributed by atoms with Crippen molar-refractivity contribution in [1.29, 1.82) is 0 Å². The number of anilines is 1. The quantitative estimate of drug-likeness (QED) is 0.738. The van der Waals surface area contributed by atoms with Crippen molar-refractivity contribution in [2.75, 3.05) is 31.6 Å². The molecule has 88 valence electrons. The molecule has 1 aliphatic rings. The summed E-state index contributed by atoms with van der Waals surface area (Å²) in [4.78, 5) is 2.54. The zero-order chi connectivity index (χ0) is 11.2. The van der Waals surface area contributed by atoms with Crippen LogP contribution in [0.25, 0.3) is 0 Å². The molecule has 0 spiro atoms. The standard InChI is InChI=1S/C14H22N2/c1-15-10-5-2-6-11-16-12-9-13-7-3-4-8-14(13)16/h3-4,7-8,15H,2,5-6,9-12H2,1H3. The summed E-state index contributed by atoms with van der Waals surface area (Å²) in [7, 11) is 2.02. The molecule has 1 aromatic carbocycles. The highest BCUT2D eigenvalue weighted by Crippen LogP contribution is 2.27. The first-order chi connectivity index (χ1) is 7.92. The van der Waals surface area contributed by atoms with Crippen LogP contribution in [0.3, 0.4) is 0 Å². The van der Waals surface area contributed by atoms with Crippen molar-refractivity contribution in [3.05, 3.63) is 29.8 Å². The molecule has 0 saturated carbocycles. The Morgan fingerprint density at radius 3 is 2.94 bits per heavy atom. The van der Waals surface area contributed by atoms with Crippen molar-refractivity contribution in [3.8, 4) is 0 Å². The van der Waals surface area contributed by atoms with Gasteiger partial charge < -0.3 is 10.2 Å². The van der Waals surface area contributed by atoms with Crippen LogP contribution in [-0.2, 0) is 6.42 Å². The third-order valence-corrected chi connectivity index (χ3v) is 3.34. The van der Waals surface area contributed by atoms with Gasteiger partial charge in [0.15, 0.2) is 0 Å². The molecule has 0 saturated heterocycles. The maximum absolute atomic E-state index is 3.20. The van der Waals surface area contributed by atoms with Crippen molar-refractivity contribution < 1.29 is 0 Å². The van der Waals surface area contributed by atoms with Crippen molar-refractivity contribution in [2.45, 2.75) is 25.7 Å². The number of nitrogens with zero attached hydrogens (tertiary/aromatic N) is 1. The number of benzene rings is 1. The molecule has 0 amide bonds. The normalized spacial score (nSPS) is 14.2. The molecule has 0 bridgehead atoms. The van der Waals surface area contributed by atoms with E-state index in [1.165, 1.54) is 50.0 Å². The molecule has 1 aromatic rings. The number of para-hydroxylation sites is 1. The SMILES string of the molecule is CNCCCCCN1CCc2ccccc21. The van der Waals surface area contributed by atoms with Gasteiger partial charge >= 0.3 is 0 Å². The fraction of sp³-hybridized carbons (Fsp3) is 0.571. The minimum Gasteiger partial charge on any atom is -0.371 e. The monoisotopic (exact) mass is 218 g/mol. The van der Waals surface area contributed by atoms with E-state index in [0.717, 1.165) is 6.54 Å². The van der Waals surface area contributed by atoms with Crippen LogP contribution in [0.5, 0.6) is 0 Å². The number of hydrogen-bond acceptors (Lipinski definition) is 2. The number of rotatable bonds is 6. The molecule has 0 aliphatic carbocycles. The van der Waals surface area contributed by atoms with Gasteiger partial charge in [-0.3, -0.25) is 0 Å². The number of unbranched alkanes of at least 4 members (excludes halogenated alkanes) is 2.